The van der Waals surface area contributed by atoms with Crippen molar-refractivity contribution in [1.29, 1.82) is 0 Å². The average Bonchev–Trinajstić information content (AvgIpc) is 2.15. The summed E-state index contributed by atoms with van der Waals surface area (Å²) < 4.78 is 4.97. The summed E-state index contributed by atoms with van der Waals surface area (Å²) >= 11 is 0. The predicted octanol–water partition coefficient (Wildman–Crippen LogP) is 1.43. The molecule has 1 aromatic carbocycles. The minimum absolute atomic E-state index is 0.0652. The largest absolute Gasteiger partial charge is 0.762 e. The predicted molar refractivity (Wildman–Crippen MR) is 48.6 cm³/mol. The lowest BCUT2D eigenvalue weighted by atomic mass is 10.1. The van der Waals surface area contributed by atoms with E-state index in [4.69, 9.17) is 9.94 Å². The van der Waals surface area contributed by atoms with Crippen molar-refractivity contribution in [1.82, 2.24) is 5.23 Å². The van der Waals surface area contributed by atoms with Crippen LogP contribution in [-0.2, 0) is 6.42 Å². The van der Waals surface area contributed by atoms with Crippen LogP contribution < -0.4 is 4.74 Å². The highest BCUT2D eigenvalue weighted by atomic mass is 16.8. The SMILES string of the molecule is COc1ccc(CCN([O-])O)cc1. The third-order valence-corrected chi connectivity index (χ3v) is 1.75. The molecule has 0 fully saturated rings. The van der Waals surface area contributed by atoms with E-state index in [1.54, 1.807) is 7.11 Å². The van der Waals surface area contributed by atoms with Crippen LogP contribution in [0.3, 0.4) is 0 Å². The van der Waals surface area contributed by atoms with Gasteiger partial charge in [0, 0.05) is 6.54 Å². The van der Waals surface area contributed by atoms with Crippen molar-refractivity contribution in [3.8, 4) is 5.75 Å². The number of methoxy groups -OCH3 is 1. The monoisotopic (exact) mass is 182 g/mol. The fraction of sp³-hybridized carbons (Fsp3) is 0.333. The molecule has 0 atom stereocenters. The lowest BCUT2D eigenvalue weighted by Crippen LogP contribution is -2.13. The molecule has 4 nitrogen and oxygen atoms in total. The van der Waals surface area contributed by atoms with Crippen molar-refractivity contribution in [2.24, 2.45) is 0 Å². The Bertz CT molecular complexity index is 246. The zero-order valence-electron chi connectivity index (χ0n) is 7.43. The normalized spacial score (nSPS) is 10.5. The minimum atomic E-state index is -0.0652. The standard InChI is InChI=1S/C9H12NO3/c1-13-9-4-2-8(3-5-9)6-7-10(11)12/h2-5,11H,6-7H2,1H3/q-1. The van der Waals surface area contributed by atoms with Crippen LogP contribution in [0.1, 0.15) is 5.56 Å². The van der Waals surface area contributed by atoms with Gasteiger partial charge in [0.2, 0.25) is 0 Å². The summed E-state index contributed by atoms with van der Waals surface area (Å²) in [7, 11) is 1.60. The Morgan fingerprint density at radius 2 is 2.00 bits per heavy atom. The molecule has 0 spiro atoms. The molecule has 0 bridgehead atoms. The zero-order chi connectivity index (χ0) is 9.68. The van der Waals surface area contributed by atoms with E-state index in [1.165, 1.54) is 0 Å². The van der Waals surface area contributed by atoms with Gasteiger partial charge in [0.25, 0.3) is 0 Å². The lowest BCUT2D eigenvalue weighted by molar-refractivity contribution is -0.0391. The van der Waals surface area contributed by atoms with Gasteiger partial charge in [0.15, 0.2) is 0 Å². The Hall–Kier alpha value is -1.10. The molecule has 1 N–H and O–H groups in total. The van der Waals surface area contributed by atoms with Crippen molar-refractivity contribution in [3.05, 3.63) is 35.0 Å². The second-order valence-corrected chi connectivity index (χ2v) is 2.67. The fourth-order valence-electron chi connectivity index (χ4n) is 1.02. The summed E-state index contributed by atoms with van der Waals surface area (Å²) in [4.78, 5) is 0. The van der Waals surface area contributed by atoms with Gasteiger partial charge in [-0.05, 0) is 24.1 Å². The number of nitrogens with zero attached hydrogens (tertiary/aromatic N) is 1. The van der Waals surface area contributed by atoms with E-state index < -0.39 is 0 Å². The minimum Gasteiger partial charge on any atom is -0.762 e. The van der Waals surface area contributed by atoms with Crippen molar-refractivity contribution >= 4 is 0 Å². The molecular formula is C9H12NO3-. The van der Waals surface area contributed by atoms with Gasteiger partial charge < -0.3 is 15.2 Å². The first kappa shape index (κ1) is 9.98. The summed E-state index contributed by atoms with van der Waals surface area (Å²) in [5.74, 6) is 0.784. The van der Waals surface area contributed by atoms with E-state index in [1.807, 2.05) is 24.3 Å². The molecule has 0 saturated heterocycles. The fourth-order valence-corrected chi connectivity index (χ4v) is 1.02. The maximum Gasteiger partial charge on any atom is 0.118 e. The summed E-state index contributed by atoms with van der Waals surface area (Å²) in [6, 6.07) is 7.37. The molecule has 0 aliphatic carbocycles. The zero-order valence-corrected chi connectivity index (χ0v) is 7.43. The van der Waals surface area contributed by atoms with E-state index in [0.717, 1.165) is 11.3 Å². The van der Waals surface area contributed by atoms with Gasteiger partial charge in [0.1, 0.15) is 5.75 Å². The van der Waals surface area contributed by atoms with E-state index in [0.29, 0.717) is 6.42 Å². The van der Waals surface area contributed by atoms with Crippen molar-refractivity contribution in [3.63, 3.8) is 0 Å². The smallest absolute Gasteiger partial charge is 0.118 e. The molecule has 72 valence electrons. The number of benzene rings is 1. The Morgan fingerprint density at radius 1 is 1.38 bits per heavy atom. The Balaban J connectivity index is 2.49. The Labute approximate surface area is 76.9 Å². The molecule has 1 aromatic rings. The second-order valence-electron chi connectivity index (χ2n) is 2.67. The number of hydrogen-bond donors (Lipinski definition) is 1. The van der Waals surface area contributed by atoms with E-state index in [9.17, 15) is 5.21 Å². The number of rotatable bonds is 4. The lowest BCUT2D eigenvalue weighted by Gasteiger charge is -2.18. The molecule has 0 amide bonds. The summed E-state index contributed by atoms with van der Waals surface area (Å²) in [6.45, 7) is 0.0896. The van der Waals surface area contributed by atoms with Gasteiger partial charge in [-0.2, -0.15) is 0 Å². The molecule has 0 radical (unpaired) electrons. The highest BCUT2D eigenvalue weighted by Crippen LogP contribution is 2.11. The van der Waals surface area contributed by atoms with Gasteiger partial charge in [-0.3, -0.25) is 5.23 Å². The average molecular weight is 182 g/mol. The third-order valence-electron chi connectivity index (χ3n) is 1.75. The van der Waals surface area contributed by atoms with Crippen LogP contribution in [0.5, 0.6) is 5.75 Å². The van der Waals surface area contributed by atoms with Gasteiger partial charge in [-0.15, -0.1) is 0 Å². The van der Waals surface area contributed by atoms with Crippen molar-refractivity contribution in [2.75, 3.05) is 13.7 Å². The van der Waals surface area contributed by atoms with Gasteiger partial charge in [-0.25, -0.2) is 0 Å². The van der Waals surface area contributed by atoms with Crippen LogP contribution >= 0.6 is 0 Å². The van der Waals surface area contributed by atoms with Crippen molar-refractivity contribution in [2.45, 2.75) is 6.42 Å². The maximum atomic E-state index is 10.2. The van der Waals surface area contributed by atoms with Gasteiger partial charge in [0.05, 0.1) is 7.11 Å². The van der Waals surface area contributed by atoms with Gasteiger partial charge in [-0.1, -0.05) is 12.1 Å². The third kappa shape index (κ3) is 3.42. The first-order valence-corrected chi connectivity index (χ1v) is 3.99. The summed E-state index contributed by atoms with van der Waals surface area (Å²) in [6.07, 6.45) is 0.532. The van der Waals surface area contributed by atoms with E-state index in [2.05, 4.69) is 0 Å². The summed E-state index contributed by atoms with van der Waals surface area (Å²) in [5.41, 5.74) is 0.996. The number of hydroxylamine groups is 2. The first-order chi connectivity index (χ1) is 6.22. The molecule has 0 aromatic heterocycles. The molecular weight excluding hydrogens is 170 g/mol. The van der Waals surface area contributed by atoms with Crippen LogP contribution in [0.25, 0.3) is 0 Å². The first-order valence-electron chi connectivity index (χ1n) is 3.99. The molecule has 13 heavy (non-hydrogen) atoms. The quantitative estimate of drug-likeness (QED) is 0.715. The highest BCUT2D eigenvalue weighted by Gasteiger charge is 1.94. The van der Waals surface area contributed by atoms with Crippen LogP contribution in [0.2, 0.25) is 0 Å². The van der Waals surface area contributed by atoms with Crippen LogP contribution in [-0.4, -0.2) is 24.1 Å². The summed E-state index contributed by atoms with van der Waals surface area (Å²) in [5, 5.41) is 18.5. The van der Waals surface area contributed by atoms with Crippen LogP contribution in [0.4, 0.5) is 0 Å². The molecule has 0 unspecified atom stereocenters. The molecule has 0 heterocycles. The Morgan fingerprint density at radius 3 is 2.46 bits per heavy atom. The molecule has 0 saturated carbocycles. The molecule has 0 aliphatic rings. The molecule has 0 aliphatic heterocycles. The molecule has 1 rings (SSSR count). The van der Waals surface area contributed by atoms with Gasteiger partial charge >= 0.3 is 0 Å². The van der Waals surface area contributed by atoms with E-state index in [-0.39, 0.29) is 11.8 Å². The topological polar surface area (TPSA) is 55.8 Å². The van der Waals surface area contributed by atoms with Crippen LogP contribution in [0, 0.1) is 5.21 Å². The van der Waals surface area contributed by atoms with E-state index >= 15 is 0 Å². The van der Waals surface area contributed by atoms with Crippen LogP contribution in [0.15, 0.2) is 24.3 Å². The molecule has 4 heteroatoms. The number of ether oxygens (including phenoxy) is 1. The Kier molecular flexibility index (Phi) is 3.70. The second kappa shape index (κ2) is 4.81. The van der Waals surface area contributed by atoms with Crippen molar-refractivity contribution < 1.29 is 9.94 Å². The number of hydrogen-bond acceptors (Lipinski definition) is 4. The maximum absolute atomic E-state index is 10.2. The highest BCUT2D eigenvalue weighted by molar-refractivity contribution is 5.27.